The highest BCUT2D eigenvalue weighted by atomic mass is 16.2. The average molecular weight is 355 g/mol. The number of hydrogen-bond donors (Lipinski definition) is 1. The SMILES string of the molecule is C[C@@H]1CCCC[C@]12NC(=O)N(CC(=O)N1c3ccccc3C[C@@H]1C)C2=O. The van der Waals surface area contributed by atoms with E-state index in [0.29, 0.717) is 6.42 Å². The number of nitrogens with zero attached hydrogens (tertiary/aromatic N) is 2. The maximum atomic E-state index is 13.1. The fourth-order valence-electron chi connectivity index (χ4n) is 4.80. The first-order valence-corrected chi connectivity index (χ1v) is 9.48. The maximum absolute atomic E-state index is 13.1. The predicted molar refractivity (Wildman–Crippen MR) is 97.7 cm³/mol. The van der Waals surface area contributed by atoms with Crippen LogP contribution in [0.2, 0.25) is 0 Å². The van der Waals surface area contributed by atoms with Crippen LogP contribution in [0, 0.1) is 5.92 Å². The van der Waals surface area contributed by atoms with Gasteiger partial charge in [-0.15, -0.1) is 0 Å². The number of para-hydroxylation sites is 1. The van der Waals surface area contributed by atoms with Crippen LogP contribution >= 0.6 is 0 Å². The summed E-state index contributed by atoms with van der Waals surface area (Å²) in [5, 5.41) is 2.91. The van der Waals surface area contributed by atoms with E-state index in [-0.39, 0.29) is 30.3 Å². The highest BCUT2D eigenvalue weighted by Crippen LogP contribution is 2.38. The van der Waals surface area contributed by atoms with Crippen molar-refractivity contribution in [2.45, 2.75) is 57.5 Å². The van der Waals surface area contributed by atoms with Gasteiger partial charge in [0, 0.05) is 11.7 Å². The van der Waals surface area contributed by atoms with Crippen molar-refractivity contribution in [1.82, 2.24) is 10.2 Å². The maximum Gasteiger partial charge on any atom is 0.325 e. The number of carbonyl (C=O) groups is 3. The molecule has 0 unspecified atom stereocenters. The minimum Gasteiger partial charge on any atom is -0.323 e. The Hall–Kier alpha value is -2.37. The summed E-state index contributed by atoms with van der Waals surface area (Å²) in [6.45, 7) is 3.81. The van der Waals surface area contributed by atoms with E-state index in [1.165, 1.54) is 0 Å². The topological polar surface area (TPSA) is 69.7 Å². The Bertz CT molecular complexity index is 777. The Kier molecular flexibility index (Phi) is 4.01. The number of amides is 4. The summed E-state index contributed by atoms with van der Waals surface area (Å²) in [7, 11) is 0. The lowest BCUT2D eigenvalue weighted by Gasteiger charge is -2.36. The molecule has 1 spiro atoms. The number of imide groups is 1. The predicted octanol–water partition coefficient (Wildman–Crippen LogP) is 2.46. The molecule has 3 aliphatic rings. The number of carbonyl (C=O) groups excluding carboxylic acids is 3. The first-order valence-electron chi connectivity index (χ1n) is 9.48. The van der Waals surface area contributed by atoms with Crippen molar-refractivity contribution in [1.29, 1.82) is 0 Å². The monoisotopic (exact) mass is 355 g/mol. The molecule has 1 aliphatic carbocycles. The molecule has 3 atom stereocenters. The summed E-state index contributed by atoms with van der Waals surface area (Å²) in [4.78, 5) is 41.4. The third-order valence-corrected chi connectivity index (χ3v) is 6.27. The molecular formula is C20H25N3O3. The van der Waals surface area contributed by atoms with Crippen LogP contribution in [0.4, 0.5) is 10.5 Å². The fourth-order valence-corrected chi connectivity index (χ4v) is 4.80. The molecule has 26 heavy (non-hydrogen) atoms. The summed E-state index contributed by atoms with van der Waals surface area (Å²) in [6.07, 6.45) is 4.38. The van der Waals surface area contributed by atoms with Gasteiger partial charge in [0.15, 0.2) is 0 Å². The lowest BCUT2D eigenvalue weighted by Crippen LogP contribution is -2.54. The van der Waals surface area contributed by atoms with Crippen molar-refractivity contribution in [2.24, 2.45) is 5.92 Å². The number of anilines is 1. The van der Waals surface area contributed by atoms with E-state index in [9.17, 15) is 14.4 Å². The van der Waals surface area contributed by atoms with Gasteiger partial charge in [0.05, 0.1) is 0 Å². The molecule has 2 aliphatic heterocycles. The summed E-state index contributed by atoms with van der Waals surface area (Å²) in [5.41, 5.74) is 1.20. The summed E-state index contributed by atoms with van der Waals surface area (Å²) < 4.78 is 0. The van der Waals surface area contributed by atoms with E-state index in [4.69, 9.17) is 0 Å². The molecule has 4 rings (SSSR count). The van der Waals surface area contributed by atoms with Gasteiger partial charge in [0.25, 0.3) is 5.91 Å². The van der Waals surface area contributed by atoms with Crippen LogP contribution < -0.4 is 10.2 Å². The smallest absolute Gasteiger partial charge is 0.323 e. The number of rotatable bonds is 2. The molecule has 1 saturated carbocycles. The van der Waals surface area contributed by atoms with Crippen LogP contribution in [-0.2, 0) is 16.0 Å². The largest absolute Gasteiger partial charge is 0.325 e. The molecule has 0 aromatic heterocycles. The normalized spacial score (nSPS) is 30.7. The highest BCUT2D eigenvalue weighted by Gasteiger charge is 2.55. The van der Waals surface area contributed by atoms with E-state index in [2.05, 4.69) is 5.32 Å². The van der Waals surface area contributed by atoms with Crippen molar-refractivity contribution in [3.63, 3.8) is 0 Å². The third kappa shape index (κ3) is 2.42. The van der Waals surface area contributed by atoms with Gasteiger partial charge < -0.3 is 10.2 Å². The van der Waals surface area contributed by atoms with E-state index in [0.717, 1.165) is 41.8 Å². The van der Waals surface area contributed by atoms with Gasteiger partial charge in [-0.3, -0.25) is 14.5 Å². The van der Waals surface area contributed by atoms with Gasteiger partial charge >= 0.3 is 6.03 Å². The standard InChI is InChI=1S/C20H25N3O3/c1-13-7-5-6-10-20(13)18(25)22(19(26)21-20)12-17(24)23-14(2)11-15-8-3-4-9-16(15)23/h3-4,8-9,13-14H,5-7,10-12H2,1-2H3,(H,21,26)/t13-,14+,20+/m1/s1. The van der Waals surface area contributed by atoms with Crippen LogP contribution in [0.3, 0.4) is 0 Å². The zero-order valence-electron chi connectivity index (χ0n) is 15.3. The van der Waals surface area contributed by atoms with Gasteiger partial charge in [0.2, 0.25) is 5.91 Å². The zero-order chi connectivity index (χ0) is 18.5. The van der Waals surface area contributed by atoms with Gasteiger partial charge in [-0.25, -0.2) is 4.79 Å². The van der Waals surface area contributed by atoms with Gasteiger partial charge in [-0.2, -0.15) is 0 Å². The van der Waals surface area contributed by atoms with E-state index in [1.54, 1.807) is 4.90 Å². The van der Waals surface area contributed by atoms with Gasteiger partial charge in [-0.05, 0) is 43.7 Å². The Balaban J connectivity index is 1.55. The molecule has 6 heteroatoms. The van der Waals surface area contributed by atoms with Crippen molar-refractivity contribution >= 4 is 23.5 Å². The second-order valence-electron chi connectivity index (χ2n) is 7.89. The Morgan fingerprint density at radius 3 is 2.77 bits per heavy atom. The van der Waals surface area contributed by atoms with Crippen molar-refractivity contribution in [2.75, 3.05) is 11.4 Å². The molecule has 1 aromatic rings. The minimum absolute atomic E-state index is 0.0308. The molecular weight excluding hydrogens is 330 g/mol. The van der Waals surface area contributed by atoms with Crippen LogP contribution in [0.25, 0.3) is 0 Å². The quantitative estimate of drug-likeness (QED) is 0.829. The second-order valence-corrected chi connectivity index (χ2v) is 7.89. The Morgan fingerprint density at radius 1 is 1.23 bits per heavy atom. The van der Waals surface area contributed by atoms with Crippen molar-refractivity contribution in [3.05, 3.63) is 29.8 Å². The van der Waals surface area contributed by atoms with Crippen LogP contribution in [0.1, 0.15) is 45.1 Å². The fraction of sp³-hybridized carbons (Fsp3) is 0.550. The van der Waals surface area contributed by atoms with Gasteiger partial charge in [0.1, 0.15) is 12.1 Å². The molecule has 1 aromatic carbocycles. The summed E-state index contributed by atoms with van der Waals surface area (Å²) in [6, 6.07) is 7.41. The summed E-state index contributed by atoms with van der Waals surface area (Å²) in [5.74, 6) is -0.339. The van der Waals surface area contributed by atoms with E-state index < -0.39 is 11.6 Å². The second kappa shape index (κ2) is 6.11. The minimum atomic E-state index is -0.815. The molecule has 2 fully saturated rings. The molecule has 4 amide bonds. The van der Waals surface area contributed by atoms with Gasteiger partial charge in [-0.1, -0.05) is 38.0 Å². The molecule has 0 bridgehead atoms. The van der Waals surface area contributed by atoms with E-state index >= 15 is 0 Å². The molecule has 2 heterocycles. The lowest BCUT2D eigenvalue weighted by atomic mass is 9.73. The van der Waals surface area contributed by atoms with E-state index in [1.807, 2.05) is 38.1 Å². The highest BCUT2D eigenvalue weighted by molar-refractivity contribution is 6.11. The number of urea groups is 1. The van der Waals surface area contributed by atoms with Crippen LogP contribution in [0.15, 0.2) is 24.3 Å². The zero-order valence-corrected chi connectivity index (χ0v) is 15.3. The number of benzene rings is 1. The summed E-state index contributed by atoms with van der Waals surface area (Å²) >= 11 is 0. The molecule has 6 nitrogen and oxygen atoms in total. The van der Waals surface area contributed by atoms with Crippen molar-refractivity contribution in [3.8, 4) is 0 Å². The molecule has 0 radical (unpaired) electrons. The van der Waals surface area contributed by atoms with Crippen LogP contribution in [-0.4, -0.2) is 40.9 Å². The van der Waals surface area contributed by atoms with Crippen molar-refractivity contribution < 1.29 is 14.4 Å². The first kappa shape index (κ1) is 17.1. The number of fused-ring (bicyclic) bond motifs is 1. The molecule has 1 saturated heterocycles. The molecule has 1 N–H and O–H groups in total. The van der Waals surface area contributed by atoms with Crippen LogP contribution in [0.5, 0.6) is 0 Å². The third-order valence-electron chi connectivity index (χ3n) is 6.27. The average Bonchev–Trinajstić information content (AvgIpc) is 3.07. The first-order chi connectivity index (χ1) is 12.4. The Labute approximate surface area is 153 Å². The molecule has 138 valence electrons. The Morgan fingerprint density at radius 2 is 2.00 bits per heavy atom. The number of hydrogen-bond acceptors (Lipinski definition) is 3. The lowest BCUT2D eigenvalue weighted by molar-refractivity contribution is -0.136. The number of nitrogens with one attached hydrogen (secondary N) is 1.